The SMILES string of the molecule is COCCCOCCN1C(=O)NC(=O)C12CCCCC2. The van der Waals surface area contributed by atoms with Gasteiger partial charge in [-0.1, -0.05) is 19.3 Å². The summed E-state index contributed by atoms with van der Waals surface area (Å²) in [7, 11) is 1.66. The molecule has 0 radical (unpaired) electrons. The maximum atomic E-state index is 12.1. The van der Waals surface area contributed by atoms with Gasteiger partial charge in [-0.3, -0.25) is 10.1 Å². The minimum atomic E-state index is -0.606. The maximum Gasteiger partial charge on any atom is 0.325 e. The van der Waals surface area contributed by atoms with Crippen LogP contribution >= 0.6 is 0 Å². The number of rotatable bonds is 7. The van der Waals surface area contributed by atoms with Crippen LogP contribution in [0.5, 0.6) is 0 Å². The number of hydrogen-bond donors (Lipinski definition) is 1. The lowest BCUT2D eigenvalue weighted by atomic mass is 9.80. The summed E-state index contributed by atoms with van der Waals surface area (Å²) in [4.78, 5) is 25.7. The second kappa shape index (κ2) is 7.04. The topological polar surface area (TPSA) is 67.9 Å². The average Bonchev–Trinajstić information content (AvgIpc) is 2.67. The quantitative estimate of drug-likeness (QED) is 0.565. The van der Waals surface area contributed by atoms with Crippen molar-refractivity contribution < 1.29 is 19.1 Å². The van der Waals surface area contributed by atoms with Crippen LogP contribution in [-0.2, 0) is 14.3 Å². The van der Waals surface area contributed by atoms with Crippen molar-refractivity contribution >= 4 is 11.9 Å². The first-order valence-electron chi connectivity index (χ1n) is 7.40. The zero-order valence-corrected chi connectivity index (χ0v) is 12.2. The molecule has 3 amide bonds. The van der Waals surface area contributed by atoms with Crippen molar-refractivity contribution in [3.8, 4) is 0 Å². The van der Waals surface area contributed by atoms with Crippen molar-refractivity contribution in [3.05, 3.63) is 0 Å². The molecule has 2 fully saturated rings. The molecule has 114 valence electrons. The summed E-state index contributed by atoms with van der Waals surface area (Å²) in [6.07, 6.45) is 5.54. The molecule has 20 heavy (non-hydrogen) atoms. The molecule has 6 heteroatoms. The van der Waals surface area contributed by atoms with E-state index in [1.165, 1.54) is 0 Å². The van der Waals surface area contributed by atoms with Crippen molar-refractivity contribution in [2.45, 2.75) is 44.1 Å². The van der Waals surface area contributed by atoms with Crippen LogP contribution in [0, 0.1) is 0 Å². The van der Waals surface area contributed by atoms with Crippen molar-refractivity contribution in [3.63, 3.8) is 0 Å². The fourth-order valence-corrected chi connectivity index (χ4v) is 3.11. The number of carbonyl (C=O) groups is 2. The van der Waals surface area contributed by atoms with Crippen LogP contribution in [0.4, 0.5) is 4.79 Å². The summed E-state index contributed by atoms with van der Waals surface area (Å²) in [5.41, 5.74) is -0.606. The van der Waals surface area contributed by atoms with Gasteiger partial charge in [-0.2, -0.15) is 0 Å². The Kier molecular flexibility index (Phi) is 5.37. The largest absolute Gasteiger partial charge is 0.385 e. The number of carbonyl (C=O) groups excluding carboxylic acids is 2. The lowest BCUT2D eigenvalue weighted by Gasteiger charge is -2.38. The van der Waals surface area contributed by atoms with Gasteiger partial charge in [0, 0.05) is 26.9 Å². The van der Waals surface area contributed by atoms with Crippen LogP contribution in [0.2, 0.25) is 0 Å². The molecule has 1 N–H and O–H groups in total. The van der Waals surface area contributed by atoms with Crippen LogP contribution in [0.15, 0.2) is 0 Å². The fourth-order valence-electron chi connectivity index (χ4n) is 3.11. The van der Waals surface area contributed by atoms with E-state index < -0.39 is 5.54 Å². The Balaban J connectivity index is 1.84. The number of imide groups is 1. The van der Waals surface area contributed by atoms with E-state index in [0.29, 0.717) is 26.4 Å². The number of hydrogen-bond acceptors (Lipinski definition) is 4. The van der Waals surface area contributed by atoms with E-state index in [1.54, 1.807) is 12.0 Å². The zero-order chi connectivity index (χ0) is 14.4. The Morgan fingerprint density at radius 1 is 1.15 bits per heavy atom. The lowest BCUT2D eigenvalue weighted by Crippen LogP contribution is -2.52. The van der Waals surface area contributed by atoms with E-state index in [9.17, 15) is 9.59 Å². The van der Waals surface area contributed by atoms with E-state index in [4.69, 9.17) is 9.47 Å². The third-order valence-corrected chi connectivity index (χ3v) is 4.18. The van der Waals surface area contributed by atoms with Crippen molar-refractivity contribution in [1.82, 2.24) is 10.2 Å². The molecule has 1 aliphatic carbocycles. The number of urea groups is 1. The second-order valence-corrected chi connectivity index (χ2v) is 5.46. The summed E-state index contributed by atoms with van der Waals surface area (Å²) >= 11 is 0. The summed E-state index contributed by atoms with van der Waals surface area (Å²) < 4.78 is 10.4. The standard InChI is InChI=1S/C14H24N2O4/c1-19-9-5-10-20-11-8-16-13(18)15-12(17)14(16)6-3-2-4-7-14/h2-11H2,1H3,(H,15,17,18). The second-order valence-electron chi connectivity index (χ2n) is 5.46. The predicted octanol–water partition coefficient (Wildman–Crippen LogP) is 1.29. The van der Waals surface area contributed by atoms with Crippen molar-refractivity contribution in [2.24, 2.45) is 0 Å². The summed E-state index contributed by atoms with van der Waals surface area (Å²) in [5.74, 6) is -0.124. The molecule has 0 unspecified atom stereocenters. The molecule has 0 aromatic heterocycles. The number of nitrogens with zero attached hydrogens (tertiary/aromatic N) is 1. The normalized spacial score (nSPS) is 21.6. The molecule has 0 aromatic rings. The Morgan fingerprint density at radius 2 is 1.90 bits per heavy atom. The van der Waals surface area contributed by atoms with Crippen LogP contribution < -0.4 is 5.32 Å². The Labute approximate surface area is 119 Å². The average molecular weight is 284 g/mol. The summed E-state index contributed by atoms with van der Waals surface area (Å²) in [6.45, 7) is 2.23. The third kappa shape index (κ3) is 3.12. The van der Waals surface area contributed by atoms with E-state index >= 15 is 0 Å². The van der Waals surface area contributed by atoms with Gasteiger partial charge in [0.25, 0.3) is 5.91 Å². The minimum absolute atomic E-state index is 0.124. The zero-order valence-electron chi connectivity index (χ0n) is 12.2. The van der Waals surface area contributed by atoms with Gasteiger partial charge in [-0.05, 0) is 19.3 Å². The number of ether oxygens (including phenoxy) is 2. The predicted molar refractivity (Wildman–Crippen MR) is 73.4 cm³/mol. The molecule has 2 rings (SSSR count). The van der Waals surface area contributed by atoms with Gasteiger partial charge < -0.3 is 14.4 Å². The fraction of sp³-hybridized carbons (Fsp3) is 0.857. The van der Waals surface area contributed by atoms with Crippen molar-refractivity contribution in [2.75, 3.05) is 33.5 Å². The van der Waals surface area contributed by atoms with Crippen LogP contribution in [0.25, 0.3) is 0 Å². The molecule has 2 aliphatic rings. The highest BCUT2D eigenvalue weighted by atomic mass is 16.5. The van der Waals surface area contributed by atoms with Gasteiger partial charge in [-0.15, -0.1) is 0 Å². The minimum Gasteiger partial charge on any atom is -0.385 e. The molecule has 1 spiro atoms. The van der Waals surface area contributed by atoms with Crippen LogP contribution in [-0.4, -0.2) is 55.9 Å². The van der Waals surface area contributed by atoms with E-state index in [2.05, 4.69) is 5.32 Å². The number of methoxy groups -OCH3 is 1. The van der Waals surface area contributed by atoms with Gasteiger partial charge >= 0.3 is 6.03 Å². The van der Waals surface area contributed by atoms with E-state index in [0.717, 1.165) is 38.5 Å². The van der Waals surface area contributed by atoms with Crippen LogP contribution in [0.3, 0.4) is 0 Å². The Morgan fingerprint density at radius 3 is 2.60 bits per heavy atom. The Hall–Kier alpha value is -1.14. The van der Waals surface area contributed by atoms with Gasteiger partial charge in [0.15, 0.2) is 0 Å². The third-order valence-electron chi connectivity index (χ3n) is 4.18. The highest BCUT2D eigenvalue weighted by Crippen LogP contribution is 2.36. The maximum absolute atomic E-state index is 12.1. The number of nitrogens with one attached hydrogen (secondary N) is 1. The first kappa shape index (κ1) is 15.3. The molecule has 0 aromatic carbocycles. The summed E-state index contributed by atoms with van der Waals surface area (Å²) in [6, 6.07) is -0.266. The molecule has 6 nitrogen and oxygen atoms in total. The van der Waals surface area contributed by atoms with Crippen LogP contribution in [0.1, 0.15) is 38.5 Å². The smallest absolute Gasteiger partial charge is 0.325 e. The van der Waals surface area contributed by atoms with Gasteiger partial charge in [-0.25, -0.2) is 4.79 Å². The van der Waals surface area contributed by atoms with E-state index in [-0.39, 0.29) is 11.9 Å². The van der Waals surface area contributed by atoms with Gasteiger partial charge in [0.2, 0.25) is 0 Å². The first-order chi connectivity index (χ1) is 9.70. The van der Waals surface area contributed by atoms with Gasteiger partial charge in [0.1, 0.15) is 5.54 Å². The highest BCUT2D eigenvalue weighted by molar-refractivity contribution is 6.07. The molecular weight excluding hydrogens is 260 g/mol. The highest BCUT2D eigenvalue weighted by Gasteiger charge is 2.52. The molecule has 0 atom stereocenters. The molecule has 1 saturated carbocycles. The molecule has 0 bridgehead atoms. The Bertz CT molecular complexity index is 353. The first-order valence-corrected chi connectivity index (χ1v) is 7.40. The number of amides is 3. The lowest BCUT2D eigenvalue weighted by molar-refractivity contribution is -0.128. The van der Waals surface area contributed by atoms with Crippen molar-refractivity contribution in [1.29, 1.82) is 0 Å². The molecular formula is C14H24N2O4. The molecule has 1 aliphatic heterocycles. The monoisotopic (exact) mass is 284 g/mol. The summed E-state index contributed by atoms with van der Waals surface area (Å²) in [5, 5.41) is 2.46. The van der Waals surface area contributed by atoms with Gasteiger partial charge in [0.05, 0.1) is 6.61 Å². The van der Waals surface area contributed by atoms with E-state index in [1.807, 2.05) is 0 Å². The molecule has 1 heterocycles. The molecule has 1 saturated heterocycles.